The van der Waals surface area contributed by atoms with Gasteiger partial charge in [0.25, 0.3) is 0 Å². The first-order valence-electron chi connectivity index (χ1n) is 6.44. The summed E-state index contributed by atoms with van der Waals surface area (Å²) in [6.07, 6.45) is 5.78. The Bertz CT molecular complexity index is 620. The molecule has 94 valence electrons. The molecule has 3 heteroatoms. The Labute approximate surface area is 117 Å². The van der Waals surface area contributed by atoms with Crippen LogP contribution < -0.4 is 0 Å². The minimum Gasteiger partial charge on any atom is -0.252 e. The largest absolute Gasteiger partial charge is 0.252 e. The van der Waals surface area contributed by atoms with Crippen LogP contribution >= 0.6 is 23.2 Å². The first kappa shape index (κ1) is 12.3. The van der Waals surface area contributed by atoms with Crippen LogP contribution in [0.5, 0.6) is 0 Å². The first-order valence-corrected chi connectivity index (χ1v) is 7.19. The molecule has 1 aliphatic carbocycles. The van der Waals surface area contributed by atoms with E-state index in [1.165, 1.54) is 30.5 Å². The smallest absolute Gasteiger partial charge is 0.0750 e. The molecule has 0 saturated heterocycles. The molecule has 1 nitrogen and oxygen atoms in total. The Morgan fingerprint density at radius 3 is 2.67 bits per heavy atom. The van der Waals surface area contributed by atoms with Gasteiger partial charge < -0.3 is 0 Å². The number of hydrogen-bond donors (Lipinski definition) is 0. The third kappa shape index (κ3) is 2.00. The highest BCUT2D eigenvalue weighted by Gasteiger charge is 2.17. The molecule has 0 N–H and O–H groups in total. The monoisotopic (exact) mass is 279 g/mol. The summed E-state index contributed by atoms with van der Waals surface area (Å²) in [5, 5.41) is 2.60. The van der Waals surface area contributed by atoms with Gasteiger partial charge in [-0.2, -0.15) is 0 Å². The van der Waals surface area contributed by atoms with Crippen molar-refractivity contribution in [2.45, 2.75) is 39.0 Å². The van der Waals surface area contributed by atoms with Crippen LogP contribution in [0.3, 0.4) is 0 Å². The van der Waals surface area contributed by atoms with Crippen LogP contribution in [0.1, 0.15) is 36.1 Å². The van der Waals surface area contributed by atoms with Crippen LogP contribution in [-0.2, 0) is 12.8 Å². The highest BCUT2D eigenvalue weighted by atomic mass is 35.5. The van der Waals surface area contributed by atoms with Crippen LogP contribution in [0.2, 0.25) is 10.0 Å². The molecule has 1 aromatic heterocycles. The summed E-state index contributed by atoms with van der Waals surface area (Å²) < 4.78 is 0. The Morgan fingerprint density at radius 2 is 1.83 bits per heavy atom. The second-order valence-corrected chi connectivity index (χ2v) is 5.84. The normalized spacial score (nSPS) is 15.5. The molecule has 1 heterocycles. The van der Waals surface area contributed by atoms with E-state index in [0.717, 1.165) is 39.4 Å². The third-order valence-corrected chi connectivity index (χ3v) is 4.35. The SMILES string of the molecule is Cc1cc(Cl)cc2c(Cl)c3c(nc12)CCCCC3. The Balaban J connectivity index is 2.34. The van der Waals surface area contributed by atoms with Crippen molar-refractivity contribution in [2.75, 3.05) is 0 Å². The molecular weight excluding hydrogens is 265 g/mol. The third-order valence-electron chi connectivity index (χ3n) is 3.70. The average molecular weight is 280 g/mol. The Hall–Kier alpha value is -0.790. The van der Waals surface area contributed by atoms with Gasteiger partial charge in [0.2, 0.25) is 0 Å². The zero-order valence-corrected chi connectivity index (χ0v) is 11.9. The van der Waals surface area contributed by atoms with Crippen molar-refractivity contribution in [1.29, 1.82) is 0 Å². The predicted molar refractivity (Wildman–Crippen MR) is 77.8 cm³/mol. The van der Waals surface area contributed by atoms with E-state index in [9.17, 15) is 0 Å². The number of rotatable bonds is 0. The molecule has 18 heavy (non-hydrogen) atoms. The molecule has 0 saturated carbocycles. The van der Waals surface area contributed by atoms with E-state index in [1.54, 1.807) is 0 Å². The van der Waals surface area contributed by atoms with Gasteiger partial charge in [-0.05, 0) is 55.9 Å². The average Bonchev–Trinajstić information content (AvgIpc) is 2.56. The number of pyridine rings is 1. The van der Waals surface area contributed by atoms with Gasteiger partial charge in [-0.1, -0.05) is 29.6 Å². The van der Waals surface area contributed by atoms with Crippen LogP contribution in [0.15, 0.2) is 12.1 Å². The van der Waals surface area contributed by atoms with Crippen molar-refractivity contribution in [2.24, 2.45) is 0 Å². The van der Waals surface area contributed by atoms with Crippen LogP contribution in [0.4, 0.5) is 0 Å². The molecular formula is C15H15Cl2N. The van der Waals surface area contributed by atoms with E-state index in [0.29, 0.717) is 0 Å². The van der Waals surface area contributed by atoms with E-state index in [2.05, 4.69) is 0 Å². The van der Waals surface area contributed by atoms with Crippen molar-refractivity contribution >= 4 is 34.1 Å². The zero-order valence-electron chi connectivity index (χ0n) is 10.4. The molecule has 0 unspecified atom stereocenters. The van der Waals surface area contributed by atoms with Gasteiger partial charge in [0, 0.05) is 16.1 Å². The highest BCUT2D eigenvalue weighted by Crippen LogP contribution is 2.34. The predicted octanol–water partition coefficient (Wildman–Crippen LogP) is 5.12. The minimum absolute atomic E-state index is 0.734. The molecule has 0 aliphatic heterocycles. The lowest BCUT2D eigenvalue weighted by atomic mass is 10.0. The maximum atomic E-state index is 6.58. The number of aromatic nitrogens is 1. The van der Waals surface area contributed by atoms with E-state index in [4.69, 9.17) is 28.2 Å². The standard InChI is InChI=1S/C15H15Cl2N/c1-9-7-10(16)8-12-14(17)11-5-3-2-4-6-13(11)18-15(9)12/h7-8H,2-6H2,1H3. The second-order valence-electron chi connectivity index (χ2n) is 5.03. The fraction of sp³-hybridized carbons (Fsp3) is 0.400. The molecule has 0 radical (unpaired) electrons. The Morgan fingerprint density at radius 1 is 1.06 bits per heavy atom. The lowest BCUT2D eigenvalue weighted by Crippen LogP contribution is -1.99. The molecule has 3 rings (SSSR count). The van der Waals surface area contributed by atoms with Gasteiger partial charge in [-0.15, -0.1) is 0 Å². The molecule has 0 amide bonds. The van der Waals surface area contributed by atoms with Crippen molar-refractivity contribution < 1.29 is 0 Å². The lowest BCUT2D eigenvalue weighted by Gasteiger charge is -2.12. The van der Waals surface area contributed by atoms with Crippen molar-refractivity contribution in [3.8, 4) is 0 Å². The van der Waals surface area contributed by atoms with Crippen LogP contribution in [0, 0.1) is 6.92 Å². The summed E-state index contributed by atoms with van der Waals surface area (Å²) in [4.78, 5) is 4.83. The number of fused-ring (bicyclic) bond motifs is 2. The Kier molecular flexibility index (Phi) is 3.21. The summed E-state index contributed by atoms with van der Waals surface area (Å²) in [6, 6.07) is 3.89. The molecule has 2 aromatic rings. The maximum Gasteiger partial charge on any atom is 0.0750 e. The molecule has 1 aliphatic rings. The summed E-state index contributed by atoms with van der Waals surface area (Å²) in [7, 11) is 0. The molecule has 0 fully saturated rings. The fourth-order valence-electron chi connectivity index (χ4n) is 2.77. The quantitative estimate of drug-likeness (QED) is 0.610. The second kappa shape index (κ2) is 4.71. The van der Waals surface area contributed by atoms with Crippen LogP contribution in [-0.4, -0.2) is 4.98 Å². The molecule has 0 spiro atoms. The van der Waals surface area contributed by atoms with Gasteiger partial charge in [-0.3, -0.25) is 4.98 Å². The van der Waals surface area contributed by atoms with Gasteiger partial charge in [0.15, 0.2) is 0 Å². The zero-order chi connectivity index (χ0) is 12.7. The van der Waals surface area contributed by atoms with Gasteiger partial charge in [0.1, 0.15) is 0 Å². The summed E-state index contributed by atoms with van der Waals surface area (Å²) in [5.41, 5.74) is 4.54. The van der Waals surface area contributed by atoms with E-state index < -0.39 is 0 Å². The number of hydrogen-bond acceptors (Lipinski definition) is 1. The fourth-order valence-corrected chi connectivity index (χ4v) is 3.40. The van der Waals surface area contributed by atoms with Crippen LogP contribution in [0.25, 0.3) is 10.9 Å². The summed E-state index contributed by atoms with van der Waals surface area (Å²) >= 11 is 12.7. The summed E-state index contributed by atoms with van der Waals surface area (Å²) in [5.74, 6) is 0. The number of benzene rings is 1. The lowest BCUT2D eigenvalue weighted by molar-refractivity contribution is 0.709. The van der Waals surface area contributed by atoms with Gasteiger partial charge in [-0.25, -0.2) is 0 Å². The van der Waals surface area contributed by atoms with Gasteiger partial charge >= 0.3 is 0 Å². The van der Waals surface area contributed by atoms with Crippen molar-refractivity contribution in [1.82, 2.24) is 4.98 Å². The minimum atomic E-state index is 0.734. The highest BCUT2D eigenvalue weighted by molar-refractivity contribution is 6.37. The maximum absolute atomic E-state index is 6.58. The van der Waals surface area contributed by atoms with Crippen molar-refractivity contribution in [3.05, 3.63) is 39.0 Å². The number of nitrogens with zero attached hydrogens (tertiary/aromatic N) is 1. The van der Waals surface area contributed by atoms with E-state index in [-0.39, 0.29) is 0 Å². The molecule has 0 bridgehead atoms. The number of aryl methyl sites for hydroxylation is 2. The van der Waals surface area contributed by atoms with Crippen molar-refractivity contribution in [3.63, 3.8) is 0 Å². The first-order chi connectivity index (χ1) is 8.66. The van der Waals surface area contributed by atoms with E-state index in [1.807, 2.05) is 19.1 Å². The van der Waals surface area contributed by atoms with Gasteiger partial charge in [0.05, 0.1) is 10.5 Å². The van der Waals surface area contributed by atoms with E-state index >= 15 is 0 Å². The molecule has 0 atom stereocenters. The summed E-state index contributed by atoms with van der Waals surface area (Å²) in [6.45, 7) is 2.04. The molecule has 1 aromatic carbocycles. The number of halogens is 2. The topological polar surface area (TPSA) is 12.9 Å².